The van der Waals surface area contributed by atoms with Crippen molar-refractivity contribution in [3.8, 4) is 0 Å². The Hall–Kier alpha value is -3.23. The second kappa shape index (κ2) is 7.98. The van der Waals surface area contributed by atoms with Gasteiger partial charge >= 0.3 is 0 Å². The van der Waals surface area contributed by atoms with Crippen LogP contribution in [0.1, 0.15) is 5.56 Å². The molecular formula is C25H21NO. The maximum atomic E-state index is 9.09. The Labute approximate surface area is 158 Å². The van der Waals surface area contributed by atoms with Gasteiger partial charge in [-0.25, -0.2) is 0 Å². The summed E-state index contributed by atoms with van der Waals surface area (Å²) in [7, 11) is 0. The predicted octanol–water partition coefficient (Wildman–Crippen LogP) is 5.76. The van der Waals surface area contributed by atoms with Crippen molar-refractivity contribution < 1.29 is 5.11 Å². The van der Waals surface area contributed by atoms with Crippen LogP contribution in [0.15, 0.2) is 97.2 Å². The fraction of sp³-hybridized carbons (Fsp3) is 0.0800. The lowest BCUT2D eigenvalue weighted by molar-refractivity contribution is 0.300. The Morgan fingerprint density at radius 1 is 0.593 bits per heavy atom. The standard InChI is InChI=1S/C16H14O.C9H7N/c17-11-10-13-5-3-7-16-14-6-2-1-4-12(14)8-9-15(13)16;1-2-6-9-8(4-1)5-3-7-10-9/h1-9,17H,10-11H2;1-7H. The Kier molecular flexibility index (Phi) is 5.08. The molecule has 0 aliphatic rings. The number of pyridine rings is 1. The van der Waals surface area contributed by atoms with Gasteiger partial charge < -0.3 is 5.11 Å². The van der Waals surface area contributed by atoms with Crippen LogP contribution in [0.5, 0.6) is 0 Å². The van der Waals surface area contributed by atoms with Crippen molar-refractivity contribution in [2.75, 3.05) is 6.61 Å². The molecule has 0 saturated heterocycles. The number of hydrogen-bond acceptors (Lipinski definition) is 2. The summed E-state index contributed by atoms with van der Waals surface area (Å²) in [5.41, 5.74) is 2.28. The van der Waals surface area contributed by atoms with Crippen LogP contribution in [0.3, 0.4) is 0 Å². The largest absolute Gasteiger partial charge is 0.396 e. The van der Waals surface area contributed by atoms with Crippen LogP contribution >= 0.6 is 0 Å². The van der Waals surface area contributed by atoms with E-state index in [1.54, 1.807) is 0 Å². The molecule has 2 nitrogen and oxygen atoms in total. The van der Waals surface area contributed by atoms with E-state index in [0.29, 0.717) is 0 Å². The molecule has 132 valence electrons. The number of nitrogens with zero attached hydrogens (tertiary/aromatic N) is 1. The summed E-state index contributed by atoms with van der Waals surface area (Å²) >= 11 is 0. The van der Waals surface area contributed by atoms with Gasteiger partial charge in [-0.05, 0) is 45.7 Å². The smallest absolute Gasteiger partial charge is 0.0701 e. The zero-order chi connectivity index (χ0) is 18.5. The SMILES string of the molecule is OCCc1cccc2c1ccc1ccccc12.c1ccc2ncccc2c1. The summed E-state index contributed by atoms with van der Waals surface area (Å²) in [6.07, 6.45) is 2.53. The van der Waals surface area contributed by atoms with Gasteiger partial charge in [0, 0.05) is 18.2 Å². The molecule has 0 unspecified atom stereocenters. The minimum Gasteiger partial charge on any atom is -0.396 e. The van der Waals surface area contributed by atoms with E-state index in [-0.39, 0.29) is 6.61 Å². The molecule has 1 heterocycles. The lowest BCUT2D eigenvalue weighted by Gasteiger charge is -2.08. The number of para-hydroxylation sites is 1. The van der Waals surface area contributed by atoms with Crippen LogP contribution in [-0.2, 0) is 6.42 Å². The number of aliphatic hydroxyl groups excluding tert-OH is 1. The molecule has 0 aliphatic heterocycles. The highest BCUT2D eigenvalue weighted by molar-refractivity contribution is 6.08. The van der Waals surface area contributed by atoms with E-state index in [9.17, 15) is 0 Å². The van der Waals surface area contributed by atoms with Gasteiger partial charge in [0.25, 0.3) is 0 Å². The number of rotatable bonds is 2. The fourth-order valence-electron chi connectivity index (χ4n) is 3.46. The monoisotopic (exact) mass is 351 g/mol. The highest BCUT2D eigenvalue weighted by atomic mass is 16.2. The fourth-order valence-corrected chi connectivity index (χ4v) is 3.46. The highest BCUT2D eigenvalue weighted by Gasteiger charge is 2.03. The topological polar surface area (TPSA) is 33.1 Å². The van der Waals surface area contributed by atoms with Gasteiger partial charge in [0.15, 0.2) is 0 Å². The summed E-state index contributed by atoms with van der Waals surface area (Å²) in [4.78, 5) is 4.18. The second-order valence-corrected chi connectivity index (χ2v) is 6.47. The van der Waals surface area contributed by atoms with Crippen LogP contribution in [0.4, 0.5) is 0 Å². The lowest BCUT2D eigenvalue weighted by atomic mass is 9.97. The molecule has 1 aromatic heterocycles. The van der Waals surface area contributed by atoms with Crippen LogP contribution in [0.25, 0.3) is 32.4 Å². The van der Waals surface area contributed by atoms with Gasteiger partial charge in [0.1, 0.15) is 0 Å². The normalized spacial score (nSPS) is 10.7. The Morgan fingerprint density at radius 3 is 2.19 bits per heavy atom. The molecule has 0 radical (unpaired) electrons. The van der Waals surface area contributed by atoms with Gasteiger partial charge in [0.05, 0.1) is 5.52 Å². The van der Waals surface area contributed by atoms with Gasteiger partial charge in [-0.3, -0.25) is 4.98 Å². The van der Waals surface area contributed by atoms with Crippen molar-refractivity contribution in [3.63, 3.8) is 0 Å². The van der Waals surface area contributed by atoms with Crippen molar-refractivity contribution in [1.82, 2.24) is 4.98 Å². The van der Waals surface area contributed by atoms with E-state index in [1.165, 1.54) is 32.5 Å². The third-order valence-corrected chi connectivity index (χ3v) is 4.77. The van der Waals surface area contributed by atoms with Gasteiger partial charge in [-0.2, -0.15) is 0 Å². The zero-order valence-corrected chi connectivity index (χ0v) is 15.0. The zero-order valence-electron chi connectivity index (χ0n) is 15.0. The minimum atomic E-state index is 0.200. The predicted molar refractivity (Wildman–Crippen MR) is 114 cm³/mol. The molecule has 0 atom stereocenters. The molecule has 5 rings (SSSR count). The quantitative estimate of drug-likeness (QED) is 0.410. The van der Waals surface area contributed by atoms with Crippen LogP contribution in [0.2, 0.25) is 0 Å². The van der Waals surface area contributed by atoms with E-state index in [1.807, 2.05) is 30.5 Å². The Bertz CT molecular complexity index is 1130. The van der Waals surface area contributed by atoms with Crippen molar-refractivity contribution in [2.24, 2.45) is 0 Å². The molecule has 1 N–H and O–H groups in total. The van der Waals surface area contributed by atoms with Crippen molar-refractivity contribution >= 4 is 32.4 Å². The Balaban J connectivity index is 0.000000153. The van der Waals surface area contributed by atoms with Crippen LogP contribution in [0, 0.1) is 0 Å². The molecule has 4 aromatic carbocycles. The van der Waals surface area contributed by atoms with E-state index < -0.39 is 0 Å². The lowest BCUT2D eigenvalue weighted by Crippen LogP contribution is -1.92. The van der Waals surface area contributed by atoms with Crippen molar-refractivity contribution in [1.29, 1.82) is 0 Å². The number of benzene rings is 4. The third-order valence-electron chi connectivity index (χ3n) is 4.77. The van der Waals surface area contributed by atoms with Gasteiger partial charge in [-0.1, -0.05) is 78.9 Å². The van der Waals surface area contributed by atoms with E-state index in [4.69, 9.17) is 5.11 Å². The second-order valence-electron chi connectivity index (χ2n) is 6.47. The van der Waals surface area contributed by atoms with Crippen LogP contribution in [-0.4, -0.2) is 16.7 Å². The summed E-state index contributed by atoms with van der Waals surface area (Å²) in [5, 5.41) is 15.4. The summed E-state index contributed by atoms with van der Waals surface area (Å²) < 4.78 is 0. The summed E-state index contributed by atoms with van der Waals surface area (Å²) in [6.45, 7) is 0.200. The number of aromatic nitrogens is 1. The first-order chi connectivity index (χ1) is 13.4. The third kappa shape index (κ3) is 3.67. The van der Waals surface area contributed by atoms with Crippen molar-refractivity contribution in [2.45, 2.75) is 6.42 Å². The van der Waals surface area contributed by atoms with Crippen molar-refractivity contribution in [3.05, 3.63) is 103 Å². The molecule has 5 aromatic rings. The molecule has 0 bridgehead atoms. The van der Waals surface area contributed by atoms with Crippen LogP contribution < -0.4 is 0 Å². The minimum absolute atomic E-state index is 0.200. The first kappa shape index (κ1) is 17.2. The molecule has 0 saturated carbocycles. The van der Waals surface area contributed by atoms with E-state index in [0.717, 1.165) is 11.9 Å². The number of hydrogen-bond donors (Lipinski definition) is 1. The maximum Gasteiger partial charge on any atom is 0.0701 e. The van der Waals surface area contributed by atoms with E-state index in [2.05, 4.69) is 71.7 Å². The summed E-state index contributed by atoms with van der Waals surface area (Å²) in [6, 6.07) is 31.1. The Morgan fingerprint density at radius 2 is 1.33 bits per heavy atom. The molecular weight excluding hydrogens is 330 g/mol. The van der Waals surface area contributed by atoms with Gasteiger partial charge in [-0.15, -0.1) is 0 Å². The molecule has 0 spiro atoms. The number of aliphatic hydroxyl groups is 1. The molecule has 2 heteroatoms. The summed E-state index contributed by atoms with van der Waals surface area (Å²) in [5.74, 6) is 0. The molecule has 0 fully saturated rings. The molecule has 0 amide bonds. The average Bonchev–Trinajstić information content (AvgIpc) is 2.75. The average molecular weight is 351 g/mol. The van der Waals surface area contributed by atoms with E-state index >= 15 is 0 Å². The molecule has 27 heavy (non-hydrogen) atoms. The molecule has 0 aliphatic carbocycles. The highest BCUT2D eigenvalue weighted by Crippen LogP contribution is 2.27. The maximum absolute atomic E-state index is 9.09. The first-order valence-electron chi connectivity index (χ1n) is 9.17. The number of fused-ring (bicyclic) bond motifs is 4. The first-order valence-corrected chi connectivity index (χ1v) is 9.17. The van der Waals surface area contributed by atoms with Gasteiger partial charge in [0.2, 0.25) is 0 Å².